The molecule has 0 aromatic heterocycles. The normalized spacial score (nSPS) is 14.4. The lowest BCUT2D eigenvalue weighted by Crippen LogP contribution is -2.53. The van der Waals surface area contributed by atoms with Gasteiger partial charge >= 0.3 is 0 Å². The fourth-order valence-corrected chi connectivity index (χ4v) is 6.93. The van der Waals surface area contributed by atoms with Gasteiger partial charge in [-0.25, -0.2) is 8.42 Å². The molecule has 0 bridgehead atoms. The summed E-state index contributed by atoms with van der Waals surface area (Å²) in [7, 11) is -4.09. The Balaban J connectivity index is 1.73. The van der Waals surface area contributed by atoms with Crippen molar-refractivity contribution in [2.75, 3.05) is 10.8 Å². The molecule has 3 aromatic carbocycles. The van der Waals surface area contributed by atoms with Gasteiger partial charge < -0.3 is 10.2 Å². The van der Waals surface area contributed by atoms with Crippen molar-refractivity contribution in [2.45, 2.75) is 83.3 Å². The highest BCUT2D eigenvalue weighted by atomic mass is 32.2. The van der Waals surface area contributed by atoms with Gasteiger partial charge in [0, 0.05) is 12.6 Å². The third-order valence-electron chi connectivity index (χ3n) is 7.96. The zero-order valence-electron chi connectivity index (χ0n) is 24.5. The summed E-state index contributed by atoms with van der Waals surface area (Å²) in [5.74, 6) is -0.620. The van der Waals surface area contributed by atoms with E-state index in [0.29, 0.717) is 12.1 Å². The molecule has 1 N–H and O–H groups in total. The molecule has 4 rings (SSSR count). The number of hydrogen-bond acceptors (Lipinski definition) is 4. The number of amides is 2. The second kappa shape index (κ2) is 13.3. The highest BCUT2D eigenvalue weighted by molar-refractivity contribution is 7.92. The topological polar surface area (TPSA) is 86.8 Å². The number of aryl methyl sites for hydroxylation is 3. The highest BCUT2D eigenvalue weighted by Gasteiger charge is 2.35. The van der Waals surface area contributed by atoms with Gasteiger partial charge in [0.2, 0.25) is 11.8 Å². The lowest BCUT2D eigenvalue weighted by atomic mass is 10.1. The van der Waals surface area contributed by atoms with E-state index in [0.717, 1.165) is 47.9 Å². The van der Waals surface area contributed by atoms with Crippen molar-refractivity contribution in [1.82, 2.24) is 10.2 Å². The quantitative estimate of drug-likeness (QED) is 0.319. The smallest absolute Gasteiger partial charge is 0.264 e. The Bertz CT molecular complexity index is 1460. The van der Waals surface area contributed by atoms with Gasteiger partial charge in [-0.15, -0.1) is 0 Å². The third kappa shape index (κ3) is 7.17. The Morgan fingerprint density at radius 1 is 0.878 bits per heavy atom. The monoisotopic (exact) mass is 575 g/mol. The zero-order valence-corrected chi connectivity index (χ0v) is 25.3. The van der Waals surface area contributed by atoms with Crippen molar-refractivity contribution in [3.05, 3.63) is 95.1 Å². The lowest BCUT2D eigenvalue weighted by molar-refractivity contribution is -0.140. The Morgan fingerprint density at radius 2 is 1.49 bits per heavy atom. The van der Waals surface area contributed by atoms with Gasteiger partial charge in [-0.3, -0.25) is 13.9 Å². The summed E-state index contributed by atoms with van der Waals surface area (Å²) in [6.07, 6.45) is 4.44. The average molecular weight is 576 g/mol. The van der Waals surface area contributed by atoms with Crippen molar-refractivity contribution in [3.63, 3.8) is 0 Å². The van der Waals surface area contributed by atoms with Crippen molar-refractivity contribution in [1.29, 1.82) is 0 Å². The van der Waals surface area contributed by atoms with E-state index in [1.54, 1.807) is 41.3 Å². The van der Waals surface area contributed by atoms with Gasteiger partial charge in [-0.05, 0) is 74.9 Å². The summed E-state index contributed by atoms with van der Waals surface area (Å²) in [6.45, 7) is 7.35. The lowest BCUT2D eigenvalue weighted by Gasteiger charge is -2.34. The van der Waals surface area contributed by atoms with Crippen LogP contribution in [-0.4, -0.2) is 43.8 Å². The highest BCUT2D eigenvalue weighted by Crippen LogP contribution is 2.28. The average Bonchev–Trinajstić information content (AvgIpc) is 3.46. The van der Waals surface area contributed by atoms with Crippen LogP contribution in [0.4, 0.5) is 5.69 Å². The van der Waals surface area contributed by atoms with Crippen LogP contribution < -0.4 is 9.62 Å². The number of anilines is 1. The molecule has 0 aliphatic heterocycles. The van der Waals surface area contributed by atoms with Crippen LogP contribution in [0.2, 0.25) is 0 Å². The number of nitrogens with one attached hydrogen (secondary N) is 1. The number of rotatable bonds is 11. The number of hydrogen-bond donors (Lipinski definition) is 1. The Morgan fingerprint density at radius 3 is 2.10 bits per heavy atom. The van der Waals surface area contributed by atoms with E-state index in [1.165, 1.54) is 4.31 Å². The second-order valence-corrected chi connectivity index (χ2v) is 12.8. The molecule has 0 spiro atoms. The first kappa shape index (κ1) is 30.3. The molecule has 1 saturated carbocycles. The molecule has 218 valence electrons. The van der Waals surface area contributed by atoms with Crippen molar-refractivity contribution < 1.29 is 18.0 Å². The maximum Gasteiger partial charge on any atom is 0.264 e. The van der Waals surface area contributed by atoms with Crippen LogP contribution in [0.3, 0.4) is 0 Å². The first-order chi connectivity index (χ1) is 19.6. The molecule has 1 aliphatic carbocycles. The standard InChI is InChI=1S/C33H41N3O4S/c1-5-30(33(38)34-28-15-9-10-16-28)35(22-27-14-8-6-12-25(27)3)32(37)23-36(31-17-11-7-13-26(31)4)41(39,40)29-20-18-24(2)19-21-29/h6-8,11-14,17-21,28,30H,5,9-10,15-16,22-23H2,1-4H3,(H,34,38)/t30-/m1/s1. The van der Waals surface area contributed by atoms with Crippen LogP contribution in [0.15, 0.2) is 77.7 Å². The Kier molecular flexibility index (Phi) is 9.86. The van der Waals surface area contributed by atoms with Crippen LogP contribution in [0, 0.1) is 20.8 Å². The Hall–Kier alpha value is -3.65. The van der Waals surface area contributed by atoms with E-state index in [9.17, 15) is 18.0 Å². The summed E-state index contributed by atoms with van der Waals surface area (Å²) in [6, 6.07) is 20.9. The Labute approximate surface area is 244 Å². The molecule has 0 heterocycles. The van der Waals surface area contributed by atoms with E-state index in [4.69, 9.17) is 0 Å². The summed E-state index contributed by atoms with van der Waals surface area (Å²) in [5, 5.41) is 3.16. The van der Waals surface area contributed by atoms with Gasteiger partial charge in [0.15, 0.2) is 0 Å². The fraction of sp³-hybridized carbons (Fsp3) is 0.394. The number of carbonyl (C=O) groups excluding carboxylic acids is 2. The van der Waals surface area contributed by atoms with E-state index in [1.807, 2.05) is 64.1 Å². The van der Waals surface area contributed by atoms with E-state index < -0.39 is 28.5 Å². The molecular formula is C33H41N3O4S. The van der Waals surface area contributed by atoms with Crippen molar-refractivity contribution in [3.8, 4) is 0 Å². The van der Waals surface area contributed by atoms with Gasteiger partial charge in [0.25, 0.3) is 10.0 Å². The van der Waals surface area contributed by atoms with E-state index in [-0.39, 0.29) is 23.4 Å². The first-order valence-corrected chi connectivity index (χ1v) is 15.8. The molecule has 2 amide bonds. The molecular weight excluding hydrogens is 534 g/mol. The third-order valence-corrected chi connectivity index (χ3v) is 9.74. The predicted octanol–water partition coefficient (Wildman–Crippen LogP) is 5.67. The van der Waals surface area contributed by atoms with Crippen LogP contribution in [0.25, 0.3) is 0 Å². The molecule has 1 aliphatic rings. The number of nitrogens with zero attached hydrogens (tertiary/aromatic N) is 2. The van der Waals surface area contributed by atoms with E-state index in [2.05, 4.69) is 5.32 Å². The summed E-state index contributed by atoms with van der Waals surface area (Å²) in [4.78, 5) is 29.5. The molecule has 0 saturated heterocycles. The summed E-state index contributed by atoms with van der Waals surface area (Å²) < 4.78 is 29.3. The molecule has 3 aromatic rings. The number of para-hydroxylation sites is 1. The van der Waals surface area contributed by atoms with Gasteiger partial charge in [0.1, 0.15) is 12.6 Å². The molecule has 0 unspecified atom stereocenters. The molecule has 41 heavy (non-hydrogen) atoms. The minimum atomic E-state index is -4.09. The summed E-state index contributed by atoms with van der Waals surface area (Å²) in [5.41, 5.74) is 4.01. The summed E-state index contributed by atoms with van der Waals surface area (Å²) >= 11 is 0. The number of sulfonamides is 1. The minimum absolute atomic E-state index is 0.107. The number of benzene rings is 3. The minimum Gasteiger partial charge on any atom is -0.352 e. The van der Waals surface area contributed by atoms with Crippen LogP contribution in [0.5, 0.6) is 0 Å². The van der Waals surface area contributed by atoms with E-state index >= 15 is 0 Å². The fourth-order valence-electron chi connectivity index (χ4n) is 5.45. The molecule has 1 atom stereocenters. The predicted molar refractivity (Wildman–Crippen MR) is 163 cm³/mol. The molecule has 7 nitrogen and oxygen atoms in total. The maximum absolute atomic E-state index is 14.3. The van der Waals surface area contributed by atoms with Gasteiger partial charge in [-0.2, -0.15) is 0 Å². The SMILES string of the molecule is CC[C@H](C(=O)NC1CCCC1)N(Cc1ccccc1C)C(=O)CN(c1ccccc1C)S(=O)(=O)c1ccc(C)cc1. The second-order valence-electron chi connectivity index (χ2n) is 11.0. The first-order valence-electron chi connectivity index (χ1n) is 14.4. The van der Waals surface area contributed by atoms with Gasteiger partial charge in [0.05, 0.1) is 10.6 Å². The van der Waals surface area contributed by atoms with Crippen LogP contribution in [-0.2, 0) is 26.2 Å². The van der Waals surface area contributed by atoms with Crippen LogP contribution >= 0.6 is 0 Å². The molecule has 0 radical (unpaired) electrons. The maximum atomic E-state index is 14.3. The van der Waals surface area contributed by atoms with Gasteiger partial charge in [-0.1, -0.05) is 79.9 Å². The van der Waals surface area contributed by atoms with Crippen molar-refractivity contribution >= 4 is 27.5 Å². The number of carbonyl (C=O) groups is 2. The molecule has 1 fully saturated rings. The molecule has 8 heteroatoms. The largest absolute Gasteiger partial charge is 0.352 e. The van der Waals surface area contributed by atoms with Crippen molar-refractivity contribution in [2.24, 2.45) is 0 Å². The van der Waals surface area contributed by atoms with Crippen LogP contribution in [0.1, 0.15) is 61.3 Å². The zero-order chi connectivity index (χ0) is 29.6.